The van der Waals surface area contributed by atoms with Gasteiger partial charge >= 0.3 is 0 Å². The average Bonchev–Trinajstić information content (AvgIpc) is 3.45. The van der Waals surface area contributed by atoms with Gasteiger partial charge in [-0.2, -0.15) is 5.10 Å². The first-order chi connectivity index (χ1) is 15.2. The van der Waals surface area contributed by atoms with Gasteiger partial charge in [-0.1, -0.05) is 59.9 Å². The SMILES string of the molecule is O=C(NCc1ccccc1-c1ccc(F)cc1)c1cnn(-c2nc3ccccc3s2)c1. The number of halogens is 1. The lowest BCUT2D eigenvalue weighted by Crippen LogP contribution is -2.22. The van der Waals surface area contributed by atoms with Gasteiger partial charge in [-0.05, 0) is 41.0 Å². The molecule has 2 heterocycles. The predicted octanol–water partition coefficient (Wildman–Crippen LogP) is 5.22. The molecule has 7 heteroatoms. The molecule has 0 atom stereocenters. The van der Waals surface area contributed by atoms with Crippen LogP contribution in [0.5, 0.6) is 0 Å². The van der Waals surface area contributed by atoms with Crippen LogP contribution < -0.4 is 5.32 Å². The van der Waals surface area contributed by atoms with Crippen molar-refractivity contribution in [2.75, 3.05) is 0 Å². The van der Waals surface area contributed by atoms with Crippen LogP contribution in [0.3, 0.4) is 0 Å². The highest BCUT2D eigenvalue weighted by molar-refractivity contribution is 7.20. The maximum absolute atomic E-state index is 13.3. The Morgan fingerprint density at radius 3 is 2.61 bits per heavy atom. The monoisotopic (exact) mass is 428 g/mol. The van der Waals surface area contributed by atoms with E-state index in [-0.39, 0.29) is 11.7 Å². The lowest BCUT2D eigenvalue weighted by molar-refractivity contribution is 0.0951. The van der Waals surface area contributed by atoms with Crippen molar-refractivity contribution in [3.05, 3.63) is 102 Å². The Hall–Kier alpha value is -3.84. The molecule has 0 saturated carbocycles. The second-order valence-electron chi connectivity index (χ2n) is 6.98. The van der Waals surface area contributed by atoms with Crippen molar-refractivity contribution in [3.63, 3.8) is 0 Å². The summed E-state index contributed by atoms with van der Waals surface area (Å²) in [5.74, 6) is -0.499. The number of benzene rings is 3. The Balaban J connectivity index is 1.32. The van der Waals surface area contributed by atoms with E-state index in [9.17, 15) is 9.18 Å². The number of hydrogen-bond acceptors (Lipinski definition) is 4. The summed E-state index contributed by atoms with van der Waals surface area (Å²) in [5, 5.41) is 7.95. The molecule has 3 aromatic carbocycles. The number of carbonyl (C=O) groups is 1. The first-order valence-electron chi connectivity index (χ1n) is 9.70. The molecule has 2 aromatic heterocycles. The van der Waals surface area contributed by atoms with Crippen LogP contribution in [-0.2, 0) is 6.54 Å². The van der Waals surface area contributed by atoms with Crippen LogP contribution >= 0.6 is 11.3 Å². The molecule has 0 saturated heterocycles. The number of fused-ring (bicyclic) bond motifs is 1. The van der Waals surface area contributed by atoms with Crippen LogP contribution in [-0.4, -0.2) is 20.7 Å². The van der Waals surface area contributed by atoms with Crippen LogP contribution in [0.1, 0.15) is 15.9 Å². The summed E-state index contributed by atoms with van der Waals surface area (Å²) in [5.41, 5.74) is 4.16. The first-order valence-corrected chi connectivity index (χ1v) is 10.5. The third kappa shape index (κ3) is 3.95. The molecule has 1 amide bonds. The molecule has 1 N–H and O–H groups in total. The quantitative estimate of drug-likeness (QED) is 0.418. The normalized spacial score (nSPS) is 11.0. The minimum Gasteiger partial charge on any atom is -0.348 e. The standard InChI is InChI=1S/C24H17FN4OS/c25-19-11-9-16(10-12-19)20-6-2-1-5-17(20)13-26-23(30)18-14-27-29(15-18)24-28-21-7-3-4-8-22(21)31-24/h1-12,14-15H,13H2,(H,26,30). The van der Waals surface area contributed by atoms with Gasteiger partial charge in [0.2, 0.25) is 5.13 Å². The predicted molar refractivity (Wildman–Crippen MR) is 120 cm³/mol. The number of nitrogens with one attached hydrogen (secondary N) is 1. The van der Waals surface area contributed by atoms with E-state index in [0.29, 0.717) is 17.2 Å². The number of nitrogens with zero attached hydrogens (tertiary/aromatic N) is 3. The largest absolute Gasteiger partial charge is 0.348 e. The zero-order valence-corrected chi connectivity index (χ0v) is 17.1. The average molecular weight is 428 g/mol. The lowest BCUT2D eigenvalue weighted by atomic mass is 9.99. The van der Waals surface area contributed by atoms with E-state index >= 15 is 0 Å². The van der Waals surface area contributed by atoms with Gasteiger partial charge in [0.05, 0.1) is 22.0 Å². The summed E-state index contributed by atoms with van der Waals surface area (Å²) in [7, 11) is 0. The molecule has 0 radical (unpaired) electrons. The Morgan fingerprint density at radius 1 is 1.00 bits per heavy atom. The molecular formula is C24H17FN4OS. The van der Waals surface area contributed by atoms with Crippen molar-refractivity contribution >= 4 is 27.5 Å². The van der Waals surface area contributed by atoms with Crippen LogP contribution in [0.15, 0.2) is 85.2 Å². The summed E-state index contributed by atoms with van der Waals surface area (Å²) < 4.78 is 15.9. The van der Waals surface area contributed by atoms with Crippen molar-refractivity contribution in [3.8, 4) is 16.3 Å². The summed E-state index contributed by atoms with van der Waals surface area (Å²) >= 11 is 1.52. The Morgan fingerprint density at radius 2 is 1.77 bits per heavy atom. The summed E-state index contributed by atoms with van der Waals surface area (Å²) in [6, 6.07) is 21.9. The maximum Gasteiger partial charge on any atom is 0.254 e. The van der Waals surface area contributed by atoms with Crippen LogP contribution in [0.25, 0.3) is 26.5 Å². The third-order valence-electron chi connectivity index (χ3n) is 4.94. The van der Waals surface area contributed by atoms with E-state index in [4.69, 9.17) is 0 Å². The van der Waals surface area contributed by atoms with Gasteiger partial charge in [-0.15, -0.1) is 0 Å². The van der Waals surface area contributed by atoms with Gasteiger partial charge in [0, 0.05) is 12.7 Å². The molecule has 0 bridgehead atoms. The van der Waals surface area contributed by atoms with Gasteiger partial charge in [0.15, 0.2) is 0 Å². The number of para-hydroxylation sites is 1. The molecule has 0 aliphatic heterocycles. The molecular weight excluding hydrogens is 411 g/mol. The van der Waals surface area contributed by atoms with E-state index in [2.05, 4.69) is 15.4 Å². The van der Waals surface area contributed by atoms with Crippen molar-refractivity contribution in [1.29, 1.82) is 0 Å². The summed E-state index contributed by atoms with van der Waals surface area (Å²) in [6.45, 7) is 0.346. The number of thiazole rings is 1. The summed E-state index contributed by atoms with van der Waals surface area (Å²) in [6.07, 6.45) is 3.21. The van der Waals surface area contributed by atoms with Gasteiger partial charge in [-0.3, -0.25) is 4.79 Å². The molecule has 5 aromatic rings. The third-order valence-corrected chi connectivity index (χ3v) is 5.96. The van der Waals surface area contributed by atoms with Crippen molar-refractivity contribution < 1.29 is 9.18 Å². The second-order valence-corrected chi connectivity index (χ2v) is 7.99. The highest BCUT2D eigenvalue weighted by atomic mass is 32.1. The molecule has 0 aliphatic rings. The zero-order valence-electron chi connectivity index (χ0n) is 16.3. The molecule has 0 spiro atoms. The smallest absolute Gasteiger partial charge is 0.254 e. The lowest BCUT2D eigenvalue weighted by Gasteiger charge is -2.10. The highest BCUT2D eigenvalue weighted by Gasteiger charge is 2.13. The van der Waals surface area contributed by atoms with Crippen molar-refractivity contribution in [2.45, 2.75) is 6.54 Å². The fraction of sp³-hybridized carbons (Fsp3) is 0.0417. The van der Waals surface area contributed by atoms with Crippen molar-refractivity contribution in [1.82, 2.24) is 20.1 Å². The van der Waals surface area contributed by atoms with E-state index in [1.807, 2.05) is 48.5 Å². The van der Waals surface area contributed by atoms with Gasteiger partial charge in [0.1, 0.15) is 5.82 Å². The van der Waals surface area contributed by atoms with Crippen molar-refractivity contribution in [2.24, 2.45) is 0 Å². The Labute approximate surface area is 181 Å². The minimum atomic E-state index is -0.278. The zero-order chi connectivity index (χ0) is 21.2. The second kappa shape index (κ2) is 8.12. The number of hydrogen-bond donors (Lipinski definition) is 1. The van der Waals surface area contributed by atoms with Gasteiger partial charge < -0.3 is 5.32 Å². The van der Waals surface area contributed by atoms with Crippen LogP contribution in [0.2, 0.25) is 0 Å². The molecule has 152 valence electrons. The molecule has 0 fully saturated rings. The highest BCUT2D eigenvalue weighted by Crippen LogP contribution is 2.25. The summed E-state index contributed by atoms with van der Waals surface area (Å²) in [4.78, 5) is 17.3. The number of carbonyl (C=O) groups excluding carboxylic acids is 1. The molecule has 0 unspecified atom stereocenters. The van der Waals surface area contributed by atoms with Crippen LogP contribution in [0.4, 0.5) is 4.39 Å². The fourth-order valence-electron chi connectivity index (χ4n) is 3.37. The van der Waals surface area contributed by atoms with E-state index in [1.54, 1.807) is 23.0 Å². The number of aromatic nitrogens is 3. The topological polar surface area (TPSA) is 59.8 Å². The minimum absolute atomic E-state index is 0.221. The van der Waals surface area contributed by atoms with E-state index in [1.165, 1.54) is 29.7 Å². The number of rotatable bonds is 5. The number of amides is 1. The fourth-order valence-corrected chi connectivity index (χ4v) is 4.26. The maximum atomic E-state index is 13.3. The van der Waals surface area contributed by atoms with Crippen LogP contribution in [0, 0.1) is 5.82 Å². The first kappa shape index (κ1) is 19.1. The van der Waals surface area contributed by atoms with Gasteiger partial charge in [-0.25, -0.2) is 14.1 Å². The molecule has 5 rings (SSSR count). The van der Waals surface area contributed by atoms with E-state index < -0.39 is 0 Å². The molecule has 0 aliphatic carbocycles. The Bertz CT molecular complexity index is 1340. The Kier molecular flexibility index (Phi) is 5.01. The van der Waals surface area contributed by atoms with E-state index in [0.717, 1.165) is 26.9 Å². The van der Waals surface area contributed by atoms with Gasteiger partial charge in [0.25, 0.3) is 5.91 Å². The molecule has 31 heavy (non-hydrogen) atoms. The molecule has 5 nitrogen and oxygen atoms in total.